The second-order valence-electron chi connectivity index (χ2n) is 7.65. The Morgan fingerprint density at radius 3 is 2.25 bits per heavy atom. The van der Waals surface area contributed by atoms with Gasteiger partial charge in [0.1, 0.15) is 0 Å². The minimum atomic E-state index is -3.17. The predicted octanol–water partition coefficient (Wildman–Crippen LogP) is 2.21. The van der Waals surface area contributed by atoms with E-state index in [1.165, 1.54) is 6.26 Å². The van der Waals surface area contributed by atoms with E-state index in [9.17, 15) is 13.2 Å². The standard InChI is InChI=1S/C21H25N3O3S/c1-28(26,27)20-9-7-18(8-10-20)13-22-11-12-24-19(15-22)16-23(21(24)25)14-17-5-3-2-4-6-17/h2-10,19H,11-16H2,1H3/t19-/m1/s1. The summed E-state index contributed by atoms with van der Waals surface area (Å²) in [7, 11) is -3.17. The van der Waals surface area contributed by atoms with E-state index < -0.39 is 9.84 Å². The van der Waals surface area contributed by atoms with Gasteiger partial charge >= 0.3 is 6.03 Å². The average molecular weight is 400 g/mol. The Morgan fingerprint density at radius 2 is 1.57 bits per heavy atom. The van der Waals surface area contributed by atoms with Crippen LogP contribution in [0.5, 0.6) is 0 Å². The second kappa shape index (κ2) is 7.56. The zero-order valence-electron chi connectivity index (χ0n) is 16.0. The molecule has 0 bridgehead atoms. The Morgan fingerprint density at radius 1 is 0.893 bits per heavy atom. The van der Waals surface area contributed by atoms with E-state index >= 15 is 0 Å². The zero-order valence-corrected chi connectivity index (χ0v) is 16.8. The van der Waals surface area contributed by atoms with Crippen molar-refractivity contribution in [2.45, 2.75) is 24.0 Å². The molecule has 4 rings (SSSR count). The SMILES string of the molecule is CS(=O)(=O)c1ccc(CN2CCN3C(=O)N(Cc4ccccc4)C[C@H]3C2)cc1. The molecule has 0 unspecified atom stereocenters. The molecule has 0 aromatic heterocycles. The number of benzene rings is 2. The number of rotatable bonds is 5. The van der Waals surface area contributed by atoms with Gasteiger partial charge in [0.25, 0.3) is 0 Å². The lowest BCUT2D eigenvalue weighted by Gasteiger charge is -2.36. The van der Waals surface area contributed by atoms with E-state index in [1.807, 2.05) is 40.1 Å². The molecule has 2 amide bonds. The molecule has 0 aliphatic carbocycles. The molecule has 2 aromatic rings. The molecule has 6 nitrogen and oxygen atoms in total. The molecule has 2 aliphatic heterocycles. The number of nitrogens with zero attached hydrogens (tertiary/aromatic N) is 3. The molecule has 148 valence electrons. The summed E-state index contributed by atoms with van der Waals surface area (Å²) in [6.07, 6.45) is 1.22. The molecule has 1 atom stereocenters. The quantitative estimate of drug-likeness (QED) is 0.774. The van der Waals surface area contributed by atoms with Crippen molar-refractivity contribution in [1.82, 2.24) is 14.7 Å². The number of fused-ring (bicyclic) bond motifs is 1. The Bertz CT molecular complexity index is 945. The van der Waals surface area contributed by atoms with E-state index in [1.54, 1.807) is 12.1 Å². The maximum absolute atomic E-state index is 12.7. The van der Waals surface area contributed by atoms with Gasteiger partial charge in [-0.25, -0.2) is 13.2 Å². The fourth-order valence-electron chi connectivity index (χ4n) is 4.02. The third kappa shape index (κ3) is 4.05. The molecule has 2 saturated heterocycles. The number of carbonyl (C=O) groups excluding carboxylic acids is 1. The number of hydrogen-bond donors (Lipinski definition) is 0. The van der Waals surface area contributed by atoms with Crippen LogP contribution in [0.25, 0.3) is 0 Å². The summed E-state index contributed by atoms with van der Waals surface area (Å²) < 4.78 is 23.2. The largest absolute Gasteiger partial charge is 0.320 e. The van der Waals surface area contributed by atoms with Crippen LogP contribution in [-0.2, 0) is 22.9 Å². The Balaban J connectivity index is 1.37. The van der Waals surface area contributed by atoms with Crippen LogP contribution in [0.3, 0.4) is 0 Å². The van der Waals surface area contributed by atoms with Gasteiger partial charge in [-0.15, -0.1) is 0 Å². The Labute approximate surface area is 166 Å². The van der Waals surface area contributed by atoms with Crippen LogP contribution in [0.15, 0.2) is 59.5 Å². The lowest BCUT2D eigenvalue weighted by atomic mass is 10.1. The first-order valence-electron chi connectivity index (χ1n) is 9.51. The van der Waals surface area contributed by atoms with Crippen molar-refractivity contribution in [2.75, 3.05) is 32.4 Å². The van der Waals surface area contributed by atoms with E-state index in [0.29, 0.717) is 11.4 Å². The summed E-state index contributed by atoms with van der Waals surface area (Å²) in [4.78, 5) is 19.3. The summed E-state index contributed by atoms with van der Waals surface area (Å²) >= 11 is 0. The van der Waals surface area contributed by atoms with Gasteiger partial charge in [0, 0.05) is 45.5 Å². The van der Waals surface area contributed by atoms with Gasteiger partial charge in [-0.05, 0) is 23.3 Å². The zero-order chi connectivity index (χ0) is 19.7. The molecule has 2 fully saturated rings. The topological polar surface area (TPSA) is 60.9 Å². The molecule has 0 saturated carbocycles. The summed E-state index contributed by atoms with van der Waals surface area (Å²) in [6, 6.07) is 17.5. The first kappa shape index (κ1) is 19.0. The van der Waals surface area contributed by atoms with Gasteiger partial charge < -0.3 is 9.80 Å². The smallest absolute Gasteiger partial charge is 0.318 e. The number of carbonyl (C=O) groups is 1. The van der Waals surface area contributed by atoms with Crippen LogP contribution >= 0.6 is 0 Å². The summed E-state index contributed by atoms with van der Waals surface area (Å²) in [5, 5.41) is 0. The van der Waals surface area contributed by atoms with Crippen LogP contribution in [0.2, 0.25) is 0 Å². The van der Waals surface area contributed by atoms with Crippen molar-refractivity contribution in [2.24, 2.45) is 0 Å². The molecule has 28 heavy (non-hydrogen) atoms. The predicted molar refractivity (Wildman–Crippen MR) is 108 cm³/mol. The van der Waals surface area contributed by atoms with E-state index in [2.05, 4.69) is 17.0 Å². The van der Waals surface area contributed by atoms with E-state index in [-0.39, 0.29) is 12.1 Å². The highest BCUT2D eigenvalue weighted by molar-refractivity contribution is 7.90. The second-order valence-corrected chi connectivity index (χ2v) is 9.66. The fourth-order valence-corrected chi connectivity index (χ4v) is 4.65. The van der Waals surface area contributed by atoms with Crippen molar-refractivity contribution >= 4 is 15.9 Å². The monoisotopic (exact) mass is 399 g/mol. The number of sulfone groups is 1. The normalized spacial score (nSPS) is 20.5. The molecule has 0 radical (unpaired) electrons. The average Bonchev–Trinajstić information content (AvgIpc) is 2.97. The van der Waals surface area contributed by atoms with Crippen LogP contribution in [0.4, 0.5) is 4.79 Å². The number of hydrogen-bond acceptors (Lipinski definition) is 4. The Kier molecular flexibility index (Phi) is 5.12. The van der Waals surface area contributed by atoms with Crippen LogP contribution in [0, 0.1) is 0 Å². The lowest BCUT2D eigenvalue weighted by Crippen LogP contribution is -2.51. The third-order valence-corrected chi connectivity index (χ3v) is 6.62. The van der Waals surface area contributed by atoms with Gasteiger partial charge in [-0.2, -0.15) is 0 Å². The minimum absolute atomic E-state index is 0.131. The first-order valence-corrected chi connectivity index (χ1v) is 11.4. The maximum atomic E-state index is 12.7. The highest BCUT2D eigenvalue weighted by atomic mass is 32.2. The van der Waals surface area contributed by atoms with Crippen molar-refractivity contribution in [3.63, 3.8) is 0 Å². The first-order chi connectivity index (χ1) is 13.4. The maximum Gasteiger partial charge on any atom is 0.320 e. The molecule has 7 heteroatoms. The van der Waals surface area contributed by atoms with Gasteiger partial charge in [0.05, 0.1) is 10.9 Å². The molecule has 2 aromatic carbocycles. The summed E-state index contributed by atoms with van der Waals surface area (Å²) in [5.41, 5.74) is 2.24. The van der Waals surface area contributed by atoms with Crippen molar-refractivity contribution < 1.29 is 13.2 Å². The van der Waals surface area contributed by atoms with Crippen LogP contribution < -0.4 is 0 Å². The number of amides is 2. The number of piperazine rings is 1. The van der Waals surface area contributed by atoms with Gasteiger partial charge in [-0.3, -0.25) is 4.90 Å². The minimum Gasteiger partial charge on any atom is -0.318 e. The Hall–Kier alpha value is -2.38. The summed E-state index contributed by atoms with van der Waals surface area (Å²) in [6.45, 7) is 4.56. The highest BCUT2D eigenvalue weighted by Gasteiger charge is 2.40. The van der Waals surface area contributed by atoms with Crippen molar-refractivity contribution in [3.8, 4) is 0 Å². The molecule has 0 spiro atoms. The molecular formula is C21H25N3O3S. The summed E-state index contributed by atoms with van der Waals surface area (Å²) in [5.74, 6) is 0. The van der Waals surface area contributed by atoms with E-state index in [0.717, 1.165) is 43.9 Å². The fraction of sp³-hybridized carbons (Fsp3) is 0.381. The van der Waals surface area contributed by atoms with Gasteiger partial charge in [-0.1, -0.05) is 42.5 Å². The van der Waals surface area contributed by atoms with E-state index in [4.69, 9.17) is 0 Å². The van der Waals surface area contributed by atoms with Crippen molar-refractivity contribution in [1.29, 1.82) is 0 Å². The van der Waals surface area contributed by atoms with Crippen molar-refractivity contribution in [3.05, 3.63) is 65.7 Å². The number of urea groups is 1. The van der Waals surface area contributed by atoms with Crippen LogP contribution in [0.1, 0.15) is 11.1 Å². The molecule has 2 aliphatic rings. The molecule has 2 heterocycles. The highest BCUT2D eigenvalue weighted by Crippen LogP contribution is 2.23. The van der Waals surface area contributed by atoms with Crippen LogP contribution in [-0.4, -0.2) is 67.6 Å². The van der Waals surface area contributed by atoms with Gasteiger partial charge in [0.2, 0.25) is 0 Å². The lowest BCUT2D eigenvalue weighted by molar-refractivity contribution is 0.116. The van der Waals surface area contributed by atoms with Gasteiger partial charge in [0.15, 0.2) is 9.84 Å². The molecule has 0 N–H and O–H groups in total. The molecular weight excluding hydrogens is 374 g/mol. The third-order valence-electron chi connectivity index (χ3n) is 5.49.